The van der Waals surface area contributed by atoms with Crippen LogP contribution in [0.5, 0.6) is 34.5 Å². The van der Waals surface area contributed by atoms with Gasteiger partial charge in [-0.3, -0.25) is 4.79 Å². The highest BCUT2D eigenvalue weighted by molar-refractivity contribution is 5.95. The van der Waals surface area contributed by atoms with E-state index in [1.807, 2.05) is 0 Å². The van der Waals surface area contributed by atoms with Crippen LogP contribution in [0.3, 0.4) is 0 Å². The number of fused-ring (bicyclic) bond motifs is 1. The molecule has 3 aromatic rings. The lowest BCUT2D eigenvalue weighted by atomic mass is 9.99. The summed E-state index contributed by atoms with van der Waals surface area (Å²) in [6.07, 6.45) is -8.40. The molecular formula is C22H22O13. The summed E-state index contributed by atoms with van der Waals surface area (Å²) in [7, 11) is 1.13. The molecule has 0 amide bonds. The number of hydrogen-bond acceptors (Lipinski definition) is 13. The fourth-order valence-corrected chi connectivity index (χ4v) is 3.71. The van der Waals surface area contributed by atoms with Crippen LogP contribution in [0.2, 0.25) is 0 Å². The fraction of sp³-hybridized carbons (Fsp3) is 0.318. The zero-order valence-electron chi connectivity index (χ0n) is 18.0. The topological polar surface area (TPSA) is 220 Å². The molecular weight excluding hydrogens is 472 g/mol. The van der Waals surface area contributed by atoms with E-state index in [4.69, 9.17) is 18.6 Å². The second-order valence-corrected chi connectivity index (χ2v) is 7.76. The van der Waals surface area contributed by atoms with Crippen molar-refractivity contribution in [1.29, 1.82) is 0 Å². The van der Waals surface area contributed by atoms with Gasteiger partial charge in [0.2, 0.25) is 23.5 Å². The zero-order valence-corrected chi connectivity index (χ0v) is 18.0. The maximum Gasteiger partial charge on any atom is 0.229 e. The third-order valence-electron chi connectivity index (χ3n) is 5.58. The first-order valence-electron chi connectivity index (χ1n) is 10.2. The second-order valence-electron chi connectivity index (χ2n) is 7.76. The van der Waals surface area contributed by atoms with E-state index in [1.165, 1.54) is 6.07 Å². The van der Waals surface area contributed by atoms with Gasteiger partial charge < -0.3 is 59.5 Å². The van der Waals surface area contributed by atoms with Gasteiger partial charge in [0.1, 0.15) is 35.6 Å². The summed E-state index contributed by atoms with van der Waals surface area (Å²) < 4.78 is 21.7. The van der Waals surface area contributed by atoms with Gasteiger partial charge in [0, 0.05) is 11.6 Å². The predicted octanol–water partition coefficient (Wildman–Crippen LogP) is -0.530. The van der Waals surface area contributed by atoms with E-state index in [0.717, 1.165) is 25.3 Å². The Morgan fingerprint density at radius 1 is 0.914 bits per heavy atom. The van der Waals surface area contributed by atoms with Crippen LogP contribution >= 0.6 is 0 Å². The number of benzene rings is 2. The minimum Gasteiger partial charge on any atom is -0.504 e. The number of aliphatic hydroxyl groups is 4. The summed E-state index contributed by atoms with van der Waals surface area (Å²) in [4.78, 5) is 12.8. The monoisotopic (exact) mass is 494 g/mol. The Bertz CT molecular complexity index is 1320. The number of rotatable bonds is 5. The molecule has 1 aliphatic rings. The molecule has 4 rings (SSSR count). The molecule has 188 valence electrons. The van der Waals surface area contributed by atoms with Gasteiger partial charge in [0.25, 0.3) is 0 Å². The molecule has 1 saturated heterocycles. The summed E-state index contributed by atoms with van der Waals surface area (Å²) in [5.41, 5.74) is -1.03. The molecule has 1 aromatic heterocycles. The number of ether oxygens (including phenoxy) is 3. The summed E-state index contributed by atoms with van der Waals surface area (Å²) in [6, 6.07) is 4.60. The SMILES string of the molecule is COc1c(OC2OC(CO)C(O)C(O)C2O)c(O)c(O)c2c(=O)cc(-c3ccc(O)c(O)c3)oc12. The van der Waals surface area contributed by atoms with Crippen molar-refractivity contribution < 1.29 is 59.5 Å². The van der Waals surface area contributed by atoms with Crippen LogP contribution in [0.25, 0.3) is 22.3 Å². The van der Waals surface area contributed by atoms with Crippen molar-refractivity contribution in [3.8, 4) is 45.8 Å². The number of aromatic hydroxyl groups is 4. The highest BCUT2D eigenvalue weighted by Crippen LogP contribution is 2.50. The van der Waals surface area contributed by atoms with Gasteiger partial charge in [-0.2, -0.15) is 0 Å². The molecule has 2 heterocycles. The van der Waals surface area contributed by atoms with Gasteiger partial charge >= 0.3 is 0 Å². The molecule has 13 heteroatoms. The Morgan fingerprint density at radius 3 is 2.26 bits per heavy atom. The number of phenols is 4. The first-order chi connectivity index (χ1) is 16.6. The maximum absolute atomic E-state index is 12.8. The quantitative estimate of drug-likeness (QED) is 0.209. The second kappa shape index (κ2) is 9.13. The Hall–Kier alpha value is -3.75. The minimum absolute atomic E-state index is 0.111. The largest absolute Gasteiger partial charge is 0.504 e. The van der Waals surface area contributed by atoms with E-state index in [0.29, 0.717) is 0 Å². The highest BCUT2D eigenvalue weighted by Gasteiger charge is 2.45. The van der Waals surface area contributed by atoms with E-state index in [-0.39, 0.29) is 11.3 Å². The maximum atomic E-state index is 12.8. The van der Waals surface area contributed by atoms with Crippen molar-refractivity contribution in [2.24, 2.45) is 0 Å². The Labute approximate surface area is 195 Å². The molecule has 0 saturated carbocycles. The lowest BCUT2D eigenvalue weighted by Crippen LogP contribution is -2.60. The van der Waals surface area contributed by atoms with Gasteiger partial charge in [-0.1, -0.05) is 0 Å². The van der Waals surface area contributed by atoms with E-state index in [9.17, 15) is 45.6 Å². The van der Waals surface area contributed by atoms with Crippen molar-refractivity contribution in [2.75, 3.05) is 13.7 Å². The van der Waals surface area contributed by atoms with E-state index >= 15 is 0 Å². The third kappa shape index (κ3) is 4.05. The van der Waals surface area contributed by atoms with Crippen molar-refractivity contribution in [1.82, 2.24) is 0 Å². The van der Waals surface area contributed by atoms with E-state index in [2.05, 4.69) is 0 Å². The normalized spacial score (nSPS) is 24.4. The summed E-state index contributed by atoms with van der Waals surface area (Å²) in [5.74, 6) is -3.99. The van der Waals surface area contributed by atoms with Crippen LogP contribution in [0, 0.1) is 0 Å². The summed E-state index contributed by atoms with van der Waals surface area (Å²) in [5, 5.41) is 79.5. The zero-order chi connectivity index (χ0) is 25.6. The number of hydrogen-bond donors (Lipinski definition) is 8. The molecule has 5 atom stereocenters. The van der Waals surface area contributed by atoms with Crippen molar-refractivity contribution in [3.05, 3.63) is 34.5 Å². The average molecular weight is 494 g/mol. The van der Waals surface area contributed by atoms with Gasteiger partial charge in [-0.15, -0.1) is 0 Å². The van der Waals surface area contributed by atoms with Crippen LogP contribution in [0.4, 0.5) is 0 Å². The van der Waals surface area contributed by atoms with Crippen molar-refractivity contribution in [2.45, 2.75) is 30.7 Å². The lowest BCUT2D eigenvalue weighted by Gasteiger charge is -2.39. The average Bonchev–Trinajstić information content (AvgIpc) is 2.83. The molecule has 8 N–H and O–H groups in total. The van der Waals surface area contributed by atoms with E-state index in [1.54, 1.807) is 0 Å². The van der Waals surface area contributed by atoms with Crippen LogP contribution < -0.4 is 14.9 Å². The molecule has 1 fully saturated rings. The lowest BCUT2D eigenvalue weighted by molar-refractivity contribution is -0.277. The molecule has 0 spiro atoms. The Morgan fingerprint density at radius 2 is 1.63 bits per heavy atom. The molecule has 1 aliphatic heterocycles. The van der Waals surface area contributed by atoms with Crippen LogP contribution in [-0.4, -0.2) is 85.3 Å². The minimum atomic E-state index is -1.85. The number of methoxy groups -OCH3 is 1. The van der Waals surface area contributed by atoms with Crippen molar-refractivity contribution >= 4 is 11.0 Å². The van der Waals surface area contributed by atoms with Gasteiger partial charge in [0.15, 0.2) is 28.3 Å². The van der Waals surface area contributed by atoms with E-state index < -0.39 is 88.2 Å². The van der Waals surface area contributed by atoms with Crippen molar-refractivity contribution in [3.63, 3.8) is 0 Å². The van der Waals surface area contributed by atoms with Gasteiger partial charge in [-0.05, 0) is 18.2 Å². The third-order valence-corrected chi connectivity index (χ3v) is 5.58. The predicted molar refractivity (Wildman–Crippen MR) is 116 cm³/mol. The molecule has 0 radical (unpaired) electrons. The molecule has 13 nitrogen and oxygen atoms in total. The first-order valence-corrected chi connectivity index (χ1v) is 10.2. The molecule has 0 bridgehead atoms. The smallest absolute Gasteiger partial charge is 0.229 e. The standard InChI is InChI=1S/C22H22O13/c1-32-21-19-13(10(26)5-11(33-19)7-2-3-8(24)9(25)4-7)15(28)17(30)20(21)35-22-18(31)16(29)14(27)12(6-23)34-22/h2-5,12,14,16,18,22-25,27-31H,6H2,1H3. The molecule has 35 heavy (non-hydrogen) atoms. The van der Waals surface area contributed by atoms with Crippen LogP contribution in [0.1, 0.15) is 0 Å². The molecule has 0 aliphatic carbocycles. The Balaban J connectivity index is 1.87. The van der Waals surface area contributed by atoms with Crippen LogP contribution in [0.15, 0.2) is 33.5 Å². The number of phenolic OH excluding ortho intramolecular Hbond substituents is 4. The summed E-state index contributed by atoms with van der Waals surface area (Å²) in [6.45, 7) is -0.741. The van der Waals surface area contributed by atoms with Crippen LogP contribution in [-0.2, 0) is 4.74 Å². The fourth-order valence-electron chi connectivity index (χ4n) is 3.71. The Kier molecular flexibility index (Phi) is 6.36. The highest BCUT2D eigenvalue weighted by atomic mass is 16.7. The number of aliphatic hydroxyl groups excluding tert-OH is 4. The molecule has 5 unspecified atom stereocenters. The first kappa shape index (κ1) is 24.4. The summed E-state index contributed by atoms with van der Waals surface area (Å²) >= 11 is 0. The molecule has 2 aromatic carbocycles. The van der Waals surface area contributed by atoms with Gasteiger partial charge in [0.05, 0.1) is 13.7 Å². The van der Waals surface area contributed by atoms with Gasteiger partial charge in [-0.25, -0.2) is 0 Å².